The van der Waals surface area contributed by atoms with Crippen LogP contribution in [0.25, 0.3) is 11.5 Å². The van der Waals surface area contributed by atoms with Crippen LogP contribution in [0.2, 0.25) is 0 Å². The number of pyridine rings is 1. The molecule has 0 radical (unpaired) electrons. The SMILES string of the molecule is CC(CN)CCc1nc(-c2ncc(Br)cc2Br)no1. The predicted molar refractivity (Wildman–Crippen MR) is 79.5 cm³/mol. The molecule has 0 saturated heterocycles. The smallest absolute Gasteiger partial charge is 0.227 e. The van der Waals surface area contributed by atoms with Crippen LogP contribution in [-0.4, -0.2) is 21.7 Å². The highest BCUT2D eigenvalue weighted by molar-refractivity contribution is 9.11. The van der Waals surface area contributed by atoms with Gasteiger partial charge in [-0.1, -0.05) is 12.1 Å². The topological polar surface area (TPSA) is 77.8 Å². The zero-order valence-electron chi connectivity index (χ0n) is 10.4. The number of hydrogen-bond acceptors (Lipinski definition) is 5. The van der Waals surface area contributed by atoms with Crippen LogP contribution < -0.4 is 5.73 Å². The van der Waals surface area contributed by atoms with Crippen molar-refractivity contribution in [3.8, 4) is 11.5 Å². The summed E-state index contributed by atoms with van der Waals surface area (Å²) in [6, 6.07) is 1.90. The molecule has 0 aromatic carbocycles. The van der Waals surface area contributed by atoms with E-state index >= 15 is 0 Å². The van der Waals surface area contributed by atoms with Crippen molar-refractivity contribution in [1.29, 1.82) is 0 Å². The lowest BCUT2D eigenvalue weighted by Gasteiger charge is -2.04. The molecule has 1 atom stereocenters. The molecule has 0 amide bonds. The van der Waals surface area contributed by atoms with Crippen molar-refractivity contribution in [3.63, 3.8) is 0 Å². The number of rotatable bonds is 5. The second-order valence-electron chi connectivity index (χ2n) is 4.38. The summed E-state index contributed by atoms with van der Waals surface area (Å²) < 4.78 is 6.94. The van der Waals surface area contributed by atoms with E-state index in [1.165, 1.54) is 0 Å². The van der Waals surface area contributed by atoms with Crippen molar-refractivity contribution in [3.05, 3.63) is 27.1 Å². The van der Waals surface area contributed by atoms with Gasteiger partial charge in [0.15, 0.2) is 0 Å². The van der Waals surface area contributed by atoms with E-state index in [2.05, 4.69) is 53.9 Å². The molecule has 2 heterocycles. The van der Waals surface area contributed by atoms with Crippen molar-refractivity contribution in [2.45, 2.75) is 19.8 Å². The van der Waals surface area contributed by atoms with Gasteiger partial charge in [-0.3, -0.25) is 4.98 Å². The quantitative estimate of drug-likeness (QED) is 0.849. The lowest BCUT2D eigenvalue weighted by molar-refractivity contribution is 0.366. The minimum atomic E-state index is 0.452. The highest BCUT2D eigenvalue weighted by Crippen LogP contribution is 2.26. The maximum atomic E-state index is 5.58. The van der Waals surface area contributed by atoms with Crippen molar-refractivity contribution < 1.29 is 4.52 Å². The summed E-state index contributed by atoms with van der Waals surface area (Å²) in [6.45, 7) is 2.77. The summed E-state index contributed by atoms with van der Waals surface area (Å²) in [6.07, 6.45) is 3.37. The Morgan fingerprint density at radius 1 is 1.42 bits per heavy atom. The normalized spacial score (nSPS) is 12.6. The van der Waals surface area contributed by atoms with E-state index in [9.17, 15) is 0 Å². The number of nitrogens with zero attached hydrogens (tertiary/aromatic N) is 3. The van der Waals surface area contributed by atoms with E-state index in [0.29, 0.717) is 29.9 Å². The fourth-order valence-electron chi connectivity index (χ4n) is 1.52. The van der Waals surface area contributed by atoms with E-state index < -0.39 is 0 Å². The maximum Gasteiger partial charge on any atom is 0.227 e. The Morgan fingerprint density at radius 2 is 2.21 bits per heavy atom. The first-order valence-electron chi connectivity index (χ1n) is 5.94. The average Bonchev–Trinajstić information content (AvgIpc) is 2.84. The summed E-state index contributed by atoms with van der Waals surface area (Å²) in [4.78, 5) is 8.62. The summed E-state index contributed by atoms with van der Waals surface area (Å²) in [5.41, 5.74) is 6.25. The monoisotopic (exact) mass is 388 g/mol. The Hall–Kier alpha value is -0.790. The van der Waals surface area contributed by atoms with Gasteiger partial charge in [0.25, 0.3) is 0 Å². The highest BCUT2D eigenvalue weighted by atomic mass is 79.9. The fraction of sp³-hybridized carbons (Fsp3) is 0.417. The standard InChI is InChI=1S/C12H14Br2N4O/c1-7(5-15)2-3-10-17-12(18-19-10)11-9(14)4-8(13)6-16-11/h4,6-7H,2-3,5,15H2,1H3. The average molecular weight is 390 g/mol. The molecule has 2 aromatic rings. The number of nitrogens with two attached hydrogens (primary N) is 1. The molecule has 0 bridgehead atoms. The van der Waals surface area contributed by atoms with Gasteiger partial charge in [-0.25, -0.2) is 0 Å². The molecule has 0 fully saturated rings. The van der Waals surface area contributed by atoms with Gasteiger partial charge >= 0.3 is 0 Å². The van der Waals surface area contributed by atoms with Crippen molar-refractivity contribution in [2.24, 2.45) is 11.7 Å². The fourth-order valence-corrected chi connectivity index (χ4v) is 2.68. The van der Waals surface area contributed by atoms with Gasteiger partial charge in [-0.15, -0.1) is 0 Å². The van der Waals surface area contributed by atoms with E-state index in [4.69, 9.17) is 10.3 Å². The van der Waals surface area contributed by atoms with Crippen LogP contribution in [0, 0.1) is 5.92 Å². The van der Waals surface area contributed by atoms with Crippen molar-refractivity contribution in [1.82, 2.24) is 15.1 Å². The molecule has 19 heavy (non-hydrogen) atoms. The molecular weight excluding hydrogens is 376 g/mol. The van der Waals surface area contributed by atoms with Gasteiger partial charge in [-0.05, 0) is 56.8 Å². The van der Waals surface area contributed by atoms with Crippen LogP contribution in [0.4, 0.5) is 0 Å². The van der Waals surface area contributed by atoms with Crippen LogP contribution in [0.1, 0.15) is 19.2 Å². The van der Waals surface area contributed by atoms with Crippen LogP contribution in [-0.2, 0) is 6.42 Å². The third-order valence-electron chi connectivity index (χ3n) is 2.74. The van der Waals surface area contributed by atoms with Crippen molar-refractivity contribution >= 4 is 31.9 Å². The first-order valence-corrected chi connectivity index (χ1v) is 7.52. The zero-order chi connectivity index (χ0) is 13.8. The van der Waals surface area contributed by atoms with Crippen LogP contribution in [0.15, 0.2) is 25.7 Å². The molecule has 5 nitrogen and oxygen atoms in total. The second-order valence-corrected chi connectivity index (χ2v) is 6.15. The molecule has 2 N–H and O–H groups in total. The van der Waals surface area contributed by atoms with Gasteiger partial charge in [0.2, 0.25) is 11.7 Å². The third kappa shape index (κ3) is 3.84. The van der Waals surface area contributed by atoms with Gasteiger partial charge in [-0.2, -0.15) is 4.98 Å². The number of aryl methyl sites for hydroxylation is 1. The van der Waals surface area contributed by atoms with Crippen LogP contribution >= 0.6 is 31.9 Å². The van der Waals surface area contributed by atoms with E-state index in [-0.39, 0.29) is 0 Å². The lowest BCUT2D eigenvalue weighted by atomic mass is 10.1. The number of halogens is 2. The summed E-state index contributed by atoms with van der Waals surface area (Å²) >= 11 is 6.79. The molecular formula is C12H14Br2N4O. The molecule has 0 spiro atoms. The lowest BCUT2D eigenvalue weighted by Crippen LogP contribution is -2.11. The van der Waals surface area contributed by atoms with E-state index in [1.807, 2.05) is 6.07 Å². The molecule has 0 aliphatic heterocycles. The molecule has 2 rings (SSSR count). The molecule has 2 aromatic heterocycles. The molecule has 1 unspecified atom stereocenters. The Balaban J connectivity index is 2.12. The van der Waals surface area contributed by atoms with Gasteiger partial charge in [0, 0.05) is 21.6 Å². The Morgan fingerprint density at radius 3 is 2.89 bits per heavy atom. The molecule has 0 aliphatic rings. The van der Waals surface area contributed by atoms with Gasteiger partial charge in [0.1, 0.15) is 5.69 Å². The summed E-state index contributed by atoms with van der Waals surface area (Å²) in [7, 11) is 0. The van der Waals surface area contributed by atoms with Gasteiger partial charge < -0.3 is 10.3 Å². The largest absolute Gasteiger partial charge is 0.339 e. The first kappa shape index (κ1) is 14.6. The Bertz CT molecular complexity index is 558. The summed E-state index contributed by atoms with van der Waals surface area (Å²) in [5, 5.41) is 3.96. The highest BCUT2D eigenvalue weighted by Gasteiger charge is 2.13. The molecule has 7 heteroatoms. The minimum absolute atomic E-state index is 0.452. The van der Waals surface area contributed by atoms with Crippen LogP contribution in [0.5, 0.6) is 0 Å². The molecule has 102 valence electrons. The molecule has 0 saturated carbocycles. The minimum Gasteiger partial charge on any atom is -0.339 e. The van der Waals surface area contributed by atoms with E-state index in [0.717, 1.165) is 21.8 Å². The third-order valence-corrected chi connectivity index (χ3v) is 3.78. The van der Waals surface area contributed by atoms with Gasteiger partial charge in [0.05, 0.1) is 0 Å². The summed E-state index contributed by atoms with van der Waals surface area (Å²) in [5.74, 6) is 1.56. The van der Waals surface area contributed by atoms with E-state index in [1.54, 1.807) is 6.20 Å². The zero-order valence-corrected chi connectivity index (χ0v) is 13.6. The predicted octanol–water partition coefficient (Wildman–Crippen LogP) is 3.18. The first-order chi connectivity index (χ1) is 9.10. The molecule has 0 aliphatic carbocycles. The maximum absolute atomic E-state index is 5.58. The second kappa shape index (κ2) is 6.58. The number of aromatic nitrogens is 3. The Kier molecular flexibility index (Phi) is 5.06. The van der Waals surface area contributed by atoms with Crippen molar-refractivity contribution in [2.75, 3.05) is 6.54 Å². The van der Waals surface area contributed by atoms with Crippen LogP contribution in [0.3, 0.4) is 0 Å². The Labute approximate surface area is 128 Å². The number of hydrogen-bond donors (Lipinski definition) is 1.